The second-order valence-electron chi connectivity index (χ2n) is 5.58. The molecule has 0 saturated carbocycles. The van der Waals surface area contributed by atoms with Crippen molar-refractivity contribution in [2.45, 2.75) is 31.8 Å². The Kier molecular flexibility index (Phi) is 3.61. The number of aromatic amines is 1. The van der Waals surface area contributed by atoms with E-state index in [4.69, 9.17) is 0 Å². The van der Waals surface area contributed by atoms with Crippen molar-refractivity contribution in [3.05, 3.63) is 56.3 Å². The topological polar surface area (TPSA) is 27.8 Å². The van der Waals surface area contributed by atoms with Crippen molar-refractivity contribution in [2.75, 3.05) is 0 Å². The van der Waals surface area contributed by atoms with Crippen LogP contribution in [0.15, 0.2) is 40.2 Å². The van der Waals surface area contributed by atoms with Gasteiger partial charge in [0.2, 0.25) is 0 Å². The maximum Gasteiger partial charge on any atom is 0.0479 e. The van der Waals surface area contributed by atoms with E-state index in [0.29, 0.717) is 6.04 Å². The Bertz CT molecular complexity index is 774. The molecule has 3 aromatic rings. The Morgan fingerprint density at radius 3 is 3.05 bits per heavy atom. The zero-order valence-corrected chi connectivity index (χ0v) is 14.1. The number of thiophene rings is 1. The Morgan fingerprint density at radius 2 is 2.19 bits per heavy atom. The molecule has 1 aliphatic rings. The molecule has 4 rings (SSSR count). The van der Waals surface area contributed by atoms with Gasteiger partial charge in [0.25, 0.3) is 0 Å². The summed E-state index contributed by atoms with van der Waals surface area (Å²) in [6, 6.07) is 11.2. The van der Waals surface area contributed by atoms with E-state index in [1.807, 2.05) is 0 Å². The number of halogens is 1. The first kappa shape index (κ1) is 13.6. The van der Waals surface area contributed by atoms with Crippen LogP contribution in [0.4, 0.5) is 0 Å². The van der Waals surface area contributed by atoms with Gasteiger partial charge in [-0.05, 0) is 58.3 Å². The Morgan fingerprint density at radius 1 is 1.29 bits per heavy atom. The molecule has 2 aromatic heterocycles. The van der Waals surface area contributed by atoms with Gasteiger partial charge in [-0.25, -0.2) is 0 Å². The average molecular weight is 361 g/mol. The van der Waals surface area contributed by atoms with Gasteiger partial charge in [0.15, 0.2) is 0 Å². The van der Waals surface area contributed by atoms with Crippen LogP contribution < -0.4 is 5.32 Å². The summed E-state index contributed by atoms with van der Waals surface area (Å²) < 4.78 is 1.22. The second kappa shape index (κ2) is 5.59. The number of H-pyrrole nitrogens is 1. The SMILES string of the molecule is Brc1ccsc1CNC1CCCc2c1[nH]c1ccccc21. The lowest BCUT2D eigenvalue weighted by molar-refractivity contribution is 0.454. The Labute approximate surface area is 136 Å². The van der Waals surface area contributed by atoms with Gasteiger partial charge in [-0.2, -0.15) is 0 Å². The normalized spacial score (nSPS) is 18.0. The molecule has 4 heteroatoms. The first-order valence-corrected chi connectivity index (χ1v) is 9.05. The quantitative estimate of drug-likeness (QED) is 0.663. The molecule has 1 aromatic carbocycles. The van der Waals surface area contributed by atoms with Crippen LogP contribution in [0.2, 0.25) is 0 Å². The molecule has 0 fully saturated rings. The summed E-state index contributed by atoms with van der Waals surface area (Å²) in [6.07, 6.45) is 3.67. The minimum absolute atomic E-state index is 0.440. The fourth-order valence-electron chi connectivity index (χ4n) is 3.29. The fourth-order valence-corrected chi connectivity index (χ4v) is 4.73. The van der Waals surface area contributed by atoms with Crippen LogP contribution in [0.1, 0.15) is 35.0 Å². The average Bonchev–Trinajstić information content (AvgIpc) is 3.09. The molecule has 0 spiro atoms. The highest BCUT2D eigenvalue weighted by Gasteiger charge is 2.23. The number of hydrogen-bond acceptors (Lipinski definition) is 2. The zero-order chi connectivity index (χ0) is 14.2. The summed E-state index contributed by atoms with van der Waals surface area (Å²) in [5.74, 6) is 0. The lowest BCUT2D eigenvalue weighted by Gasteiger charge is -2.23. The van der Waals surface area contributed by atoms with Crippen molar-refractivity contribution in [2.24, 2.45) is 0 Å². The molecule has 21 heavy (non-hydrogen) atoms. The van der Waals surface area contributed by atoms with E-state index in [0.717, 1.165) is 6.54 Å². The molecule has 2 nitrogen and oxygen atoms in total. The highest BCUT2D eigenvalue weighted by atomic mass is 79.9. The highest BCUT2D eigenvalue weighted by Crippen LogP contribution is 2.35. The summed E-state index contributed by atoms with van der Waals surface area (Å²) in [4.78, 5) is 5.01. The van der Waals surface area contributed by atoms with Gasteiger partial charge in [0.1, 0.15) is 0 Å². The predicted molar refractivity (Wildman–Crippen MR) is 92.8 cm³/mol. The molecule has 0 saturated heterocycles. The fraction of sp³-hybridized carbons (Fsp3) is 0.294. The second-order valence-corrected chi connectivity index (χ2v) is 7.44. The minimum Gasteiger partial charge on any atom is -0.357 e. The van der Waals surface area contributed by atoms with E-state index >= 15 is 0 Å². The van der Waals surface area contributed by atoms with Crippen molar-refractivity contribution >= 4 is 38.2 Å². The number of aromatic nitrogens is 1. The molecule has 0 aliphatic heterocycles. The van der Waals surface area contributed by atoms with Gasteiger partial charge in [0.05, 0.1) is 0 Å². The van der Waals surface area contributed by atoms with E-state index in [2.05, 4.69) is 61.9 Å². The molecule has 2 N–H and O–H groups in total. The highest BCUT2D eigenvalue weighted by molar-refractivity contribution is 9.10. The van der Waals surface area contributed by atoms with E-state index in [1.165, 1.54) is 50.8 Å². The summed E-state index contributed by atoms with van der Waals surface area (Å²) in [5.41, 5.74) is 4.18. The van der Waals surface area contributed by atoms with Gasteiger partial charge in [-0.1, -0.05) is 18.2 Å². The van der Waals surface area contributed by atoms with Crippen molar-refractivity contribution in [1.29, 1.82) is 0 Å². The molecule has 0 bridgehead atoms. The molecule has 2 heterocycles. The molecule has 1 atom stereocenters. The maximum atomic E-state index is 3.73. The van der Waals surface area contributed by atoms with Gasteiger partial charge in [0, 0.05) is 38.5 Å². The number of aryl methyl sites for hydroxylation is 1. The Hall–Kier alpha value is -1.10. The Balaban J connectivity index is 1.62. The third-order valence-electron chi connectivity index (χ3n) is 4.31. The monoisotopic (exact) mass is 360 g/mol. The van der Waals surface area contributed by atoms with Crippen LogP contribution in [0.5, 0.6) is 0 Å². The largest absolute Gasteiger partial charge is 0.357 e. The van der Waals surface area contributed by atoms with Crippen LogP contribution in [0, 0.1) is 0 Å². The number of para-hydroxylation sites is 1. The van der Waals surface area contributed by atoms with E-state index in [1.54, 1.807) is 11.3 Å². The maximum absolute atomic E-state index is 3.73. The molecular formula is C17H17BrN2S. The molecule has 1 unspecified atom stereocenters. The minimum atomic E-state index is 0.440. The van der Waals surface area contributed by atoms with Crippen LogP contribution in [0.25, 0.3) is 10.9 Å². The molecule has 108 valence electrons. The lowest BCUT2D eigenvalue weighted by Crippen LogP contribution is -2.24. The van der Waals surface area contributed by atoms with Crippen molar-refractivity contribution in [3.63, 3.8) is 0 Å². The van der Waals surface area contributed by atoms with Crippen molar-refractivity contribution in [3.8, 4) is 0 Å². The van der Waals surface area contributed by atoms with Gasteiger partial charge in [-0.15, -0.1) is 11.3 Å². The summed E-state index contributed by atoms with van der Waals surface area (Å²) in [6.45, 7) is 0.928. The number of rotatable bonds is 3. The van der Waals surface area contributed by atoms with E-state index < -0.39 is 0 Å². The third kappa shape index (κ3) is 2.45. The van der Waals surface area contributed by atoms with Gasteiger partial charge in [-0.3, -0.25) is 0 Å². The smallest absolute Gasteiger partial charge is 0.0479 e. The zero-order valence-electron chi connectivity index (χ0n) is 11.7. The summed E-state index contributed by atoms with van der Waals surface area (Å²) in [5, 5.41) is 7.27. The molecule has 0 amide bonds. The first-order chi connectivity index (χ1) is 10.3. The van der Waals surface area contributed by atoms with E-state index in [9.17, 15) is 0 Å². The number of fused-ring (bicyclic) bond motifs is 3. The van der Waals surface area contributed by atoms with E-state index in [-0.39, 0.29) is 0 Å². The van der Waals surface area contributed by atoms with Gasteiger partial charge < -0.3 is 10.3 Å². The third-order valence-corrected chi connectivity index (χ3v) is 6.24. The van der Waals surface area contributed by atoms with Gasteiger partial charge >= 0.3 is 0 Å². The number of benzene rings is 1. The molecule has 1 aliphatic carbocycles. The first-order valence-electron chi connectivity index (χ1n) is 7.37. The number of nitrogens with one attached hydrogen (secondary N) is 2. The predicted octanol–water partition coefficient (Wildman–Crippen LogP) is 5.16. The standard InChI is InChI=1S/C17H17BrN2S/c18-13-8-9-21-16(13)10-19-15-7-3-5-12-11-4-1-2-6-14(11)20-17(12)15/h1-2,4,6,8-9,15,19-20H,3,5,7,10H2. The molecular weight excluding hydrogens is 344 g/mol. The number of hydrogen-bond donors (Lipinski definition) is 2. The van der Waals surface area contributed by atoms with Crippen molar-refractivity contribution in [1.82, 2.24) is 10.3 Å². The summed E-state index contributed by atoms with van der Waals surface area (Å²) >= 11 is 5.42. The summed E-state index contributed by atoms with van der Waals surface area (Å²) in [7, 11) is 0. The van der Waals surface area contributed by atoms with Crippen LogP contribution in [0.3, 0.4) is 0 Å². The van der Waals surface area contributed by atoms with Crippen LogP contribution in [-0.2, 0) is 13.0 Å². The lowest BCUT2D eigenvalue weighted by atomic mass is 9.91. The van der Waals surface area contributed by atoms with Crippen molar-refractivity contribution < 1.29 is 0 Å². The van der Waals surface area contributed by atoms with Crippen LogP contribution in [-0.4, -0.2) is 4.98 Å². The van der Waals surface area contributed by atoms with Crippen LogP contribution >= 0.6 is 27.3 Å². The molecule has 0 radical (unpaired) electrons.